The van der Waals surface area contributed by atoms with Gasteiger partial charge >= 0.3 is 5.97 Å². The van der Waals surface area contributed by atoms with Crippen molar-refractivity contribution >= 4 is 28.5 Å². The third-order valence-electron chi connectivity index (χ3n) is 4.19. The number of amides is 1. The highest BCUT2D eigenvalue weighted by atomic mass is 16.5. The van der Waals surface area contributed by atoms with Crippen LogP contribution in [0.15, 0.2) is 46.9 Å². The molecule has 0 aliphatic carbocycles. The second-order valence-electron chi connectivity index (χ2n) is 6.03. The van der Waals surface area contributed by atoms with Crippen LogP contribution in [0.4, 0.5) is 5.69 Å². The molecular weight excluding hydrogens is 378 g/mol. The number of hydrogen-bond acceptors (Lipinski definition) is 7. The summed E-state index contributed by atoms with van der Waals surface area (Å²) in [5.41, 5.74) is 1.54. The summed E-state index contributed by atoms with van der Waals surface area (Å²) in [5.74, 6) is -0.246. The molecule has 8 nitrogen and oxygen atoms in total. The Morgan fingerprint density at radius 2 is 1.83 bits per heavy atom. The SMILES string of the molecule is COCc1c(C(=O)OCC(=O)Nc2ccc(OC)cc2OC)oc2ccccc12. The number of methoxy groups -OCH3 is 3. The maximum absolute atomic E-state index is 12.5. The number of carbonyl (C=O) groups is 2. The van der Waals surface area contributed by atoms with Gasteiger partial charge in [-0.25, -0.2) is 4.79 Å². The summed E-state index contributed by atoms with van der Waals surface area (Å²) in [6, 6.07) is 12.1. The standard InChI is InChI=1S/C21H21NO7/c1-25-11-15-14-6-4-5-7-17(14)29-20(15)21(24)28-12-19(23)22-16-9-8-13(26-2)10-18(16)27-3/h4-10H,11-12H2,1-3H3,(H,22,23). The minimum Gasteiger partial charge on any atom is -0.497 e. The number of fused-ring (bicyclic) bond motifs is 1. The lowest BCUT2D eigenvalue weighted by Crippen LogP contribution is -2.21. The molecule has 0 saturated carbocycles. The molecule has 1 heterocycles. The van der Waals surface area contributed by atoms with Gasteiger partial charge in [-0.05, 0) is 18.2 Å². The number of hydrogen-bond donors (Lipinski definition) is 1. The molecule has 0 bridgehead atoms. The lowest BCUT2D eigenvalue weighted by atomic mass is 10.1. The number of anilines is 1. The molecular formula is C21H21NO7. The first-order chi connectivity index (χ1) is 14.1. The largest absolute Gasteiger partial charge is 0.497 e. The first-order valence-corrected chi connectivity index (χ1v) is 8.75. The highest BCUT2D eigenvalue weighted by Crippen LogP contribution is 2.29. The molecule has 152 valence electrons. The zero-order valence-corrected chi connectivity index (χ0v) is 16.3. The van der Waals surface area contributed by atoms with Crippen molar-refractivity contribution in [2.24, 2.45) is 0 Å². The summed E-state index contributed by atoms with van der Waals surface area (Å²) in [6.07, 6.45) is 0. The average molecular weight is 399 g/mol. The fourth-order valence-electron chi connectivity index (χ4n) is 2.84. The molecule has 3 aromatic rings. The second kappa shape index (κ2) is 9.11. The summed E-state index contributed by atoms with van der Waals surface area (Å²) in [6.45, 7) is -0.311. The van der Waals surface area contributed by atoms with E-state index in [9.17, 15) is 9.59 Å². The molecule has 0 unspecified atom stereocenters. The number of para-hydroxylation sites is 1. The number of furan rings is 1. The van der Waals surface area contributed by atoms with Gasteiger partial charge in [0, 0.05) is 24.1 Å². The van der Waals surface area contributed by atoms with Gasteiger partial charge in [-0.3, -0.25) is 4.79 Å². The normalized spacial score (nSPS) is 10.6. The fraction of sp³-hybridized carbons (Fsp3) is 0.238. The minimum absolute atomic E-state index is 0.0166. The number of benzene rings is 2. The van der Waals surface area contributed by atoms with Crippen LogP contribution in [0, 0.1) is 0 Å². The molecule has 1 amide bonds. The summed E-state index contributed by atoms with van der Waals surface area (Å²) in [4.78, 5) is 24.7. The lowest BCUT2D eigenvalue weighted by molar-refractivity contribution is -0.119. The molecule has 0 aliphatic heterocycles. The van der Waals surface area contributed by atoms with Gasteiger partial charge in [-0.15, -0.1) is 0 Å². The van der Waals surface area contributed by atoms with Crippen LogP contribution in [-0.2, 0) is 20.9 Å². The van der Waals surface area contributed by atoms with Crippen molar-refractivity contribution in [2.75, 3.05) is 33.3 Å². The number of carbonyl (C=O) groups excluding carboxylic acids is 2. The van der Waals surface area contributed by atoms with Crippen molar-refractivity contribution in [3.05, 3.63) is 53.8 Å². The van der Waals surface area contributed by atoms with E-state index in [4.69, 9.17) is 23.4 Å². The van der Waals surface area contributed by atoms with Crippen molar-refractivity contribution in [3.63, 3.8) is 0 Å². The summed E-state index contributed by atoms with van der Waals surface area (Å²) in [7, 11) is 4.53. The Labute approximate surface area is 167 Å². The van der Waals surface area contributed by atoms with Gasteiger partial charge in [0.2, 0.25) is 5.76 Å². The summed E-state index contributed by atoms with van der Waals surface area (Å²) in [5, 5.41) is 3.39. The molecule has 1 aromatic heterocycles. The molecule has 0 saturated heterocycles. The Balaban J connectivity index is 1.69. The van der Waals surface area contributed by atoms with Crippen LogP contribution in [0.5, 0.6) is 11.5 Å². The van der Waals surface area contributed by atoms with Crippen LogP contribution in [0.2, 0.25) is 0 Å². The third kappa shape index (κ3) is 4.49. The Hall–Kier alpha value is -3.52. The van der Waals surface area contributed by atoms with Crippen molar-refractivity contribution in [2.45, 2.75) is 6.61 Å². The van der Waals surface area contributed by atoms with Crippen LogP contribution in [0.25, 0.3) is 11.0 Å². The van der Waals surface area contributed by atoms with E-state index in [-0.39, 0.29) is 12.4 Å². The maximum atomic E-state index is 12.5. The summed E-state index contributed by atoms with van der Waals surface area (Å²) < 4.78 is 26.2. The van der Waals surface area contributed by atoms with Gasteiger partial charge in [-0.2, -0.15) is 0 Å². The van der Waals surface area contributed by atoms with E-state index in [0.717, 1.165) is 5.39 Å². The predicted molar refractivity (Wildman–Crippen MR) is 105 cm³/mol. The molecule has 0 spiro atoms. The van der Waals surface area contributed by atoms with E-state index in [0.29, 0.717) is 28.3 Å². The highest BCUT2D eigenvalue weighted by molar-refractivity contribution is 5.98. The number of nitrogens with one attached hydrogen (secondary N) is 1. The van der Waals surface area contributed by atoms with Gasteiger partial charge in [0.05, 0.1) is 26.5 Å². The number of ether oxygens (including phenoxy) is 4. The van der Waals surface area contributed by atoms with Crippen LogP contribution in [0.3, 0.4) is 0 Å². The number of rotatable bonds is 8. The van der Waals surface area contributed by atoms with E-state index < -0.39 is 18.5 Å². The monoisotopic (exact) mass is 399 g/mol. The average Bonchev–Trinajstić information content (AvgIpc) is 3.11. The molecule has 8 heteroatoms. The van der Waals surface area contributed by atoms with Crippen LogP contribution < -0.4 is 14.8 Å². The molecule has 0 aliphatic rings. The van der Waals surface area contributed by atoms with E-state index >= 15 is 0 Å². The summed E-state index contributed by atoms with van der Waals surface area (Å²) >= 11 is 0. The van der Waals surface area contributed by atoms with Crippen molar-refractivity contribution in [1.82, 2.24) is 0 Å². The van der Waals surface area contributed by atoms with Gasteiger partial charge in [0.25, 0.3) is 5.91 Å². The van der Waals surface area contributed by atoms with Crippen LogP contribution in [0.1, 0.15) is 16.1 Å². The van der Waals surface area contributed by atoms with Crippen LogP contribution >= 0.6 is 0 Å². The Bertz CT molecular complexity index is 1030. The van der Waals surface area contributed by atoms with E-state index in [1.807, 2.05) is 12.1 Å². The van der Waals surface area contributed by atoms with Gasteiger partial charge in [0.15, 0.2) is 6.61 Å². The minimum atomic E-state index is -0.745. The highest BCUT2D eigenvalue weighted by Gasteiger charge is 2.22. The molecule has 0 fully saturated rings. The van der Waals surface area contributed by atoms with E-state index in [1.165, 1.54) is 21.3 Å². The van der Waals surface area contributed by atoms with Gasteiger partial charge < -0.3 is 28.7 Å². The zero-order chi connectivity index (χ0) is 20.8. The predicted octanol–water partition coefficient (Wildman–Crippen LogP) is 3.39. The fourth-order valence-corrected chi connectivity index (χ4v) is 2.84. The second-order valence-corrected chi connectivity index (χ2v) is 6.03. The van der Waals surface area contributed by atoms with Crippen LogP contribution in [-0.4, -0.2) is 39.8 Å². The molecule has 2 aromatic carbocycles. The Kier molecular flexibility index (Phi) is 6.36. The smallest absolute Gasteiger partial charge is 0.375 e. The van der Waals surface area contributed by atoms with E-state index in [1.54, 1.807) is 30.3 Å². The molecule has 3 rings (SSSR count). The van der Waals surface area contributed by atoms with E-state index in [2.05, 4.69) is 5.32 Å². The van der Waals surface area contributed by atoms with Crippen molar-refractivity contribution in [1.29, 1.82) is 0 Å². The first-order valence-electron chi connectivity index (χ1n) is 8.75. The lowest BCUT2D eigenvalue weighted by Gasteiger charge is -2.11. The molecule has 0 atom stereocenters. The van der Waals surface area contributed by atoms with Gasteiger partial charge in [0.1, 0.15) is 17.1 Å². The molecule has 0 radical (unpaired) electrons. The Morgan fingerprint density at radius 3 is 2.55 bits per heavy atom. The first kappa shape index (κ1) is 20.2. The Morgan fingerprint density at radius 1 is 1.03 bits per heavy atom. The molecule has 1 N–H and O–H groups in total. The topological polar surface area (TPSA) is 96.2 Å². The van der Waals surface area contributed by atoms with Gasteiger partial charge in [-0.1, -0.05) is 18.2 Å². The van der Waals surface area contributed by atoms with Crippen molar-refractivity contribution in [3.8, 4) is 11.5 Å². The zero-order valence-electron chi connectivity index (χ0n) is 16.3. The molecule has 29 heavy (non-hydrogen) atoms. The quantitative estimate of drug-likeness (QED) is 0.580. The number of esters is 1. The third-order valence-corrected chi connectivity index (χ3v) is 4.19. The van der Waals surface area contributed by atoms with Crippen molar-refractivity contribution < 1.29 is 33.0 Å². The maximum Gasteiger partial charge on any atom is 0.375 e.